The summed E-state index contributed by atoms with van der Waals surface area (Å²) in [5.41, 5.74) is 0.619. The molecule has 1 aliphatic carbocycles. The largest absolute Gasteiger partial charge is 0.493 e. The standard InChI is InChI=1S/C13H16O3.C3H7NO/c1-15-12-7-6-10(9-14)8-13(12)16-11-4-2-3-5-11;1-4(2)3-5/h6-9,11H,2-5H2,1H3;3H,1-2H3. The van der Waals surface area contributed by atoms with E-state index < -0.39 is 0 Å². The third-order valence-corrected chi connectivity index (χ3v) is 3.13. The van der Waals surface area contributed by atoms with Gasteiger partial charge in [-0.2, -0.15) is 0 Å². The quantitative estimate of drug-likeness (QED) is 0.783. The van der Waals surface area contributed by atoms with Gasteiger partial charge in [-0.1, -0.05) is 0 Å². The number of carbonyl (C=O) groups excluding carboxylic acids is 2. The first-order valence-corrected chi connectivity index (χ1v) is 7.02. The molecule has 1 fully saturated rings. The molecule has 0 aromatic heterocycles. The monoisotopic (exact) mass is 293 g/mol. The summed E-state index contributed by atoms with van der Waals surface area (Å²) >= 11 is 0. The molecule has 116 valence electrons. The maximum atomic E-state index is 10.7. The molecule has 0 heterocycles. The molecule has 1 aliphatic rings. The molecule has 0 saturated heterocycles. The Morgan fingerprint density at radius 2 is 1.76 bits per heavy atom. The lowest BCUT2D eigenvalue weighted by atomic mass is 10.2. The molecule has 0 spiro atoms. The molecule has 0 aliphatic heterocycles. The van der Waals surface area contributed by atoms with E-state index in [4.69, 9.17) is 9.47 Å². The van der Waals surface area contributed by atoms with Crippen molar-refractivity contribution in [3.63, 3.8) is 0 Å². The number of aldehydes is 1. The van der Waals surface area contributed by atoms with Gasteiger partial charge in [0.15, 0.2) is 11.5 Å². The molecule has 5 nitrogen and oxygen atoms in total. The van der Waals surface area contributed by atoms with Crippen molar-refractivity contribution in [3.05, 3.63) is 23.8 Å². The zero-order valence-electron chi connectivity index (χ0n) is 12.9. The van der Waals surface area contributed by atoms with Crippen molar-refractivity contribution in [2.75, 3.05) is 21.2 Å². The van der Waals surface area contributed by atoms with E-state index in [9.17, 15) is 9.59 Å². The number of methoxy groups -OCH3 is 1. The first-order valence-electron chi connectivity index (χ1n) is 7.02. The zero-order valence-corrected chi connectivity index (χ0v) is 12.9. The van der Waals surface area contributed by atoms with Crippen molar-refractivity contribution in [1.82, 2.24) is 4.90 Å². The normalized spacial score (nSPS) is 13.9. The lowest BCUT2D eigenvalue weighted by molar-refractivity contribution is -0.115. The van der Waals surface area contributed by atoms with Gasteiger partial charge in [0, 0.05) is 19.7 Å². The van der Waals surface area contributed by atoms with Crippen LogP contribution < -0.4 is 9.47 Å². The molecule has 0 atom stereocenters. The van der Waals surface area contributed by atoms with Gasteiger partial charge in [-0.15, -0.1) is 0 Å². The van der Waals surface area contributed by atoms with Crippen LogP contribution in [0.4, 0.5) is 0 Å². The van der Waals surface area contributed by atoms with Crippen molar-refractivity contribution in [1.29, 1.82) is 0 Å². The van der Waals surface area contributed by atoms with Crippen LogP contribution in [0.2, 0.25) is 0 Å². The fourth-order valence-corrected chi connectivity index (χ4v) is 2.04. The maximum Gasteiger partial charge on any atom is 0.209 e. The third kappa shape index (κ3) is 5.85. The topological polar surface area (TPSA) is 55.8 Å². The van der Waals surface area contributed by atoms with Crippen LogP contribution >= 0.6 is 0 Å². The van der Waals surface area contributed by atoms with Crippen molar-refractivity contribution in [2.24, 2.45) is 0 Å². The second-order valence-electron chi connectivity index (χ2n) is 5.12. The van der Waals surface area contributed by atoms with Gasteiger partial charge in [0.1, 0.15) is 6.29 Å². The summed E-state index contributed by atoms with van der Waals surface area (Å²) in [4.78, 5) is 21.6. The van der Waals surface area contributed by atoms with Crippen LogP contribution in [0.5, 0.6) is 11.5 Å². The molecule has 0 bridgehead atoms. The van der Waals surface area contributed by atoms with Crippen LogP contribution in [0, 0.1) is 0 Å². The summed E-state index contributed by atoms with van der Waals surface area (Å²) in [6.07, 6.45) is 6.47. The Hall–Kier alpha value is -2.04. The molecule has 1 saturated carbocycles. The second-order valence-corrected chi connectivity index (χ2v) is 5.12. The Balaban J connectivity index is 0.000000383. The Kier molecular flexibility index (Phi) is 7.29. The Labute approximate surface area is 125 Å². The van der Waals surface area contributed by atoms with Gasteiger partial charge in [0.05, 0.1) is 13.2 Å². The Morgan fingerprint density at radius 3 is 2.24 bits per heavy atom. The highest BCUT2D eigenvalue weighted by Crippen LogP contribution is 2.31. The van der Waals surface area contributed by atoms with E-state index in [0.717, 1.165) is 25.5 Å². The van der Waals surface area contributed by atoms with Crippen LogP contribution in [-0.4, -0.2) is 44.9 Å². The molecular weight excluding hydrogens is 270 g/mol. The summed E-state index contributed by atoms with van der Waals surface area (Å²) in [6, 6.07) is 5.24. The van der Waals surface area contributed by atoms with E-state index in [1.165, 1.54) is 17.7 Å². The van der Waals surface area contributed by atoms with Gasteiger partial charge in [-0.05, 0) is 43.9 Å². The number of hydrogen-bond acceptors (Lipinski definition) is 4. The highest BCUT2D eigenvalue weighted by Gasteiger charge is 2.18. The lowest BCUT2D eigenvalue weighted by Crippen LogP contribution is -2.11. The molecule has 2 rings (SSSR count). The average molecular weight is 293 g/mol. The summed E-state index contributed by atoms with van der Waals surface area (Å²) in [5, 5.41) is 0. The minimum atomic E-state index is 0.274. The first-order chi connectivity index (χ1) is 10.1. The molecule has 0 N–H and O–H groups in total. The second kappa shape index (κ2) is 9.00. The van der Waals surface area contributed by atoms with Gasteiger partial charge in [0.2, 0.25) is 6.41 Å². The number of amides is 1. The van der Waals surface area contributed by atoms with Gasteiger partial charge in [0.25, 0.3) is 0 Å². The van der Waals surface area contributed by atoms with Crippen LogP contribution in [0.1, 0.15) is 36.0 Å². The Bertz CT molecular complexity index is 454. The molecule has 1 aromatic rings. The first kappa shape index (κ1) is 17.0. The molecular formula is C16H23NO4. The van der Waals surface area contributed by atoms with E-state index in [-0.39, 0.29) is 6.10 Å². The molecule has 21 heavy (non-hydrogen) atoms. The molecule has 1 aromatic carbocycles. The van der Waals surface area contributed by atoms with Gasteiger partial charge >= 0.3 is 0 Å². The predicted molar refractivity (Wildman–Crippen MR) is 81.0 cm³/mol. The number of hydrogen-bond donors (Lipinski definition) is 0. The van der Waals surface area contributed by atoms with Crippen molar-refractivity contribution >= 4 is 12.7 Å². The average Bonchev–Trinajstić information content (AvgIpc) is 3.00. The SMILES string of the molecule is CN(C)C=O.COc1ccc(C=O)cc1OC1CCCC1. The molecule has 5 heteroatoms. The van der Waals surface area contributed by atoms with Gasteiger partial charge < -0.3 is 14.4 Å². The molecule has 1 amide bonds. The van der Waals surface area contributed by atoms with Crippen molar-refractivity contribution in [2.45, 2.75) is 31.8 Å². The highest BCUT2D eigenvalue weighted by atomic mass is 16.5. The zero-order chi connectivity index (χ0) is 15.7. The lowest BCUT2D eigenvalue weighted by Gasteiger charge is -2.15. The highest BCUT2D eigenvalue weighted by molar-refractivity contribution is 5.76. The van der Waals surface area contributed by atoms with E-state index >= 15 is 0 Å². The van der Waals surface area contributed by atoms with Gasteiger partial charge in [-0.25, -0.2) is 0 Å². The summed E-state index contributed by atoms with van der Waals surface area (Å²) in [5.74, 6) is 1.37. The molecule has 0 radical (unpaired) electrons. The van der Waals surface area contributed by atoms with E-state index in [1.54, 1.807) is 39.4 Å². The number of carbonyl (C=O) groups is 2. The fourth-order valence-electron chi connectivity index (χ4n) is 2.04. The van der Waals surface area contributed by atoms with Crippen LogP contribution in [0.15, 0.2) is 18.2 Å². The summed E-state index contributed by atoms with van der Waals surface area (Å²) < 4.78 is 11.1. The number of nitrogens with zero attached hydrogens (tertiary/aromatic N) is 1. The van der Waals surface area contributed by atoms with E-state index in [2.05, 4.69) is 0 Å². The molecule has 0 unspecified atom stereocenters. The summed E-state index contributed by atoms with van der Waals surface area (Å²) in [7, 11) is 4.98. The van der Waals surface area contributed by atoms with Crippen LogP contribution in [-0.2, 0) is 4.79 Å². The Morgan fingerprint density at radius 1 is 1.14 bits per heavy atom. The fraction of sp³-hybridized carbons (Fsp3) is 0.500. The third-order valence-electron chi connectivity index (χ3n) is 3.13. The van der Waals surface area contributed by atoms with E-state index in [1.807, 2.05) is 0 Å². The predicted octanol–water partition coefficient (Wildman–Crippen LogP) is 2.53. The minimum Gasteiger partial charge on any atom is -0.493 e. The number of rotatable bonds is 5. The van der Waals surface area contributed by atoms with E-state index in [0.29, 0.717) is 17.1 Å². The number of benzene rings is 1. The minimum absolute atomic E-state index is 0.274. The smallest absolute Gasteiger partial charge is 0.209 e. The van der Waals surface area contributed by atoms with Crippen LogP contribution in [0.3, 0.4) is 0 Å². The maximum absolute atomic E-state index is 10.7. The van der Waals surface area contributed by atoms with Gasteiger partial charge in [-0.3, -0.25) is 9.59 Å². The number of ether oxygens (including phenoxy) is 2. The summed E-state index contributed by atoms with van der Waals surface area (Å²) in [6.45, 7) is 0. The van der Waals surface area contributed by atoms with Crippen molar-refractivity contribution < 1.29 is 19.1 Å². The van der Waals surface area contributed by atoms with Crippen molar-refractivity contribution in [3.8, 4) is 11.5 Å². The van der Waals surface area contributed by atoms with Crippen LogP contribution in [0.25, 0.3) is 0 Å².